The van der Waals surface area contributed by atoms with Gasteiger partial charge in [0.15, 0.2) is 5.78 Å². The Balaban J connectivity index is 2.48. The fourth-order valence-electron chi connectivity index (χ4n) is 3.80. The summed E-state index contributed by atoms with van der Waals surface area (Å²) in [7, 11) is -3.87. The fraction of sp³-hybridized carbons (Fsp3) is 0.423. The highest BCUT2D eigenvalue weighted by Crippen LogP contribution is 2.21. The average Bonchev–Trinajstić information content (AvgIpc) is 2.76. The second-order valence-electron chi connectivity index (χ2n) is 8.97. The maximum atomic E-state index is 13.6. The molecule has 2 aromatic rings. The van der Waals surface area contributed by atoms with Gasteiger partial charge in [0, 0.05) is 18.2 Å². The number of hydrogen-bond acceptors (Lipinski definition) is 5. The molecule has 8 nitrogen and oxygen atoms in total. The van der Waals surface area contributed by atoms with Crippen LogP contribution in [-0.2, 0) is 26.2 Å². The van der Waals surface area contributed by atoms with E-state index in [1.54, 1.807) is 12.1 Å². The number of aryl methyl sites for hydroxylation is 1. The number of amides is 2. The van der Waals surface area contributed by atoms with Crippen LogP contribution in [0.25, 0.3) is 0 Å². The molecule has 9 heteroatoms. The molecule has 1 atom stereocenters. The molecule has 0 radical (unpaired) electrons. The van der Waals surface area contributed by atoms with Crippen molar-refractivity contribution in [3.05, 3.63) is 65.2 Å². The van der Waals surface area contributed by atoms with Crippen LogP contribution in [0.2, 0.25) is 0 Å². The van der Waals surface area contributed by atoms with Crippen LogP contribution in [0.4, 0.5) is 5.69 Å². The van der Waals surface area contributed by atoms with Gasteiger partial charge in [-0.25, -0.2) is 8.42 Å². The van der Waals surface area contributed by atoms with Crippen LogP contribution in [0.1, 0.15) is 55.6 Å². The van der Waals surface area contributed by atoms with Gasteiger partial charge in [0.2, 0.25) is 21.8 Å². The number of sulfonamides is 1. The van der Waals surface area contributed by atoms with Crippen LogP contribution in [0, 0.1) is 6.92 Å². The summed E-state index contributed by atoms with van der Waals surface area (Å²) in [5.74, 6) is -1.03. The van der Waals surface area contributed by atoms with Gasteiger partial charge in [-0.15, -0.1) is 0 Å². The SMILES string of the molecule is CC[C@@H](C(=O)NC(C)C)N(Cc1cccc(C)c1)C(=O)CN(c1cccc(C(C)=O)c1)S(C)(=O)=O. The lowest BCUT2D eigenvalue weighted by Gasteiger charge is -2.33. The molecule has 0 aliphatic rings. The van der Waals surface area contributed by atoms with E-state index in [-0.39, 0.29) is 30.0 Å². The number of hydrogen-bond donors (Lipinski definition) is 1. The summed E-state index contributed by atoms with van der Waals surface area (Å²) in [5, 5.41) is 2.86. The van der Waals surface area contributed by atoms with Gasteiger partial charge in [-0.1, -0.05) is 48.9 Å². The zero-order valence-electron chi connectivity index (χ0n) is 21.2. The summed E-state index contributed by atoms with van der Waals surface area (Å²) in [6.45, 7) is 8.46. The highest BCUT2D eigenvalue weighted by molar-refractivity contribution is 7.92. The van der Waals surface area contributed by atoms with Crippen molar-refractivity contribution in [2.24, 2.45) is 0 Å². The van der Waals surface area contributed by atoms with E-state index in [1.807, 2.05) is 52.0 Å². The monoisotopic (exact) mass is 501 g/mol. The van der Waals surface area contributed by atoms with Gasteiger partial charge in [-0.05, 0) is 51.8 Å². The summed E-state index contributed by atoms with van der Waals surface area (Å²) in [4.78, 5) is 39.9. The number of rotatable bonds is 11. The molecule has 0 spiro atoms. The number of anilines is 1. The molecule has 0 aliphatic carbocycles. The Morgan fingerprint density at radius 3 is 2.23 bits per heavy atom. The molecule has 0 bridgehead atoms. The molecule has 0 aromatic heterocycles. The van der Waals surface area contributed by atoms with E-state index in [1.165, 1.54) is 24.0 Å². The molecule has 190 valence electrons. The van der Waals surface area contributed by atoms with Crippen molar-refractivity contribution in [1.29, 1.82) is 0 Å². The zero-order valence-corrected chi connectivity index (χ0v) is 22.1. The smallest absolute Gasteiger partial charge is 0.244 e. The molecule has 0 saturated heterocycles. The third kappa shape index (κ3) is 7.92. The maximum absolute atomic E-state index is 13.6. The summed E-state index contributed by atoms with van der Waals surface area (Å²) >= 11 is 0. The molecule has 0 saturated carbocycles. The van der Waals surface area contributed by atoms with Crippen LogP contribution in [0.15, 0.2) is 48.5 Å². The van der Waals surface area contributed by atoms with Gasteiger partial charge in [0.25, 0.3) is 0 Å². The normalized spacial score (nSPS) is 12.2. The predicted octanol–water partition coefficient (Wildman–Crippen LogP) is 3.30. The zero-order chi connectivity index (χ0) is 26.3. The van der Waals surface area contributed by atoms with Crippen LogP contribution < -0.4 is 9.62 Å². The van der Waals surface area contributed by atoms with Crippen molar-refractivity contribution < 1.29 is 22.8 Å². The summed E-state index contributed by atoms with van der Waals surface area (Å²) in [6.07, 6.45) is 1.36. The largest absolute Gasteiger partial charge is 0.352 e. The minimum Gasteiger partial charge on any atom is -0.352 e. The highest BCUT2D eigenvalue weighted by atomic mass is 32.2. The van der Waals surface area contributed by atoms with E-state index in [9.17, 15) is 22.8 Å². The van der Waals surface area contributed by atoms with Crippen molar-refractivity contribution >= 4 is 33.3 Å². The van der Waals surface area contributed by atoms with Crippen molar-refractivity contribution in [2.45, 2.75) is 59.7 Å². The number of benzene rings is 2. The number of Topliss-reactive ketones (excluding diaryl/α,β-unsaturated/α-hetero) is 1. The molecular weight excluding hydrogens is 466 g/mol. The van der Waals surface area contributed by atoms with Crippen molar-refractivity contribution in [1.82, 2.24) is 10.2 Å². The van der Waals surface area contributed by atoms with E-state index in [2.05, 4.69) is 5.32 Å². The molecule has 2 amide bonds. The van der Waals surface area contributed by atoms with E-state index in [0.29, 0.717) is 12.0 Å². The van der Waals surface area contributed by atoms with Crippen molar-refractivity contribution in [3.8, 4) is 0 Å². The Kier molecular flexibility index (Phi) is 9.59. The van der Waals surface area contributed by atoms with Crippen LogP contribution in [-0.4, -0.2) is 55.8 Å². The lowest BCUT2D eigenvalue weighted by atomic mass is 10.1. The number of nitrogens with one attached hydrogen (secondary N) is 1. The molecular formula is C26H35N3O5S. The van der Waals surface area contributed by atoms with Gasteiger partial charge in [-0.3, -0.25) is 18.7 Å². The number of carbonyl (C=O) groups is 3. The first-order chi connectivity index (χ1) is 16.3. The Morgan fingerprint density at radius 1 is 1.03 bits per heavy atom. The highest BCUT2D eigenvalue weighted by Gasteiger charge is 2.32. The Bertz CT molecular complexity index is 1180. The van der Waals surface area contributed by atoms with Crippen molar-refractivity contribution in [2.75, 3.05) is 17.1 Å². The Morgan fingerprint density at radius 2 is 1.69 bits per heavy atom. The van der Waals surface area contributed by atoms with Gasteiger partial charge in [0.05, 0.1) is 11.9 Å². The molecule has 1 N–H and O–H groups in total. The molecule has 0 fully saturated rings. The predicted molar refractivity (Wildman–Crippen MR) is 138 cm³/mol. The third-order valence-electron chi connectivity index (χ3n) is 5.47. The van der Waals surface area contributed by atoms with Gasteiger partial charge < -0.3 is 10.2 Å². The first-order valence-corrected chi connectivity index (χ1v) is 13.4. The minimum atomic E-state index is -3.87. The topological polar surface area (TPSA) is 104 Å². The van der Waals surface area contributed by atoms with E-state index in [0.717, 1.165) is 21.7 Å². The van der Waals surface area contributed by atoms with E-state index in [4.69, 9.17) is 0 Å². The maximum Gasteiger partial charge on any atom is 0.244 e. The summed E-state index contributed by atoms with van der Waals surface area (Å²) in [5.41, 5.74) is 2.39. The summed E-state index contributed by atoms with van der Waals surface area (Å²) in [6, 6.07) is 12.8. The lowest BCUT2D eigenvalue weighted by Crippen LogP contribution is -2.53. The summed E-state index contributed by atoms with van der Waals surface area (Å²) < 4.78 is 26.3. The fourth-order valence-corrected chi connectivity index (χ4v) is 4.64. The standard InChI is InChI=1S/C26H35N3O5S/c1-7-24(26(32)27-18(2)3)28(16-21-11-8-10-19(4)14-21)25(31)17-29(35(6,33)34)23-13-9-12-22(15-23)20(5)30/h8-15,18,24H,7,16-17H2,1-6H3,(H,27,32)/t24-/m0/s1. The third-order valence-corrected chi connectivity index (χ3v) is 6.61. The first-order valence-electron chi connectivity index (χ1n) is 11.6. The van der Waals surface area contributed by atoms with E-state index >= 15 is 0 Å². The van der Waals surface area contributed by atoms with Crippen LogP contribution >= 0.6 is 0 Å². The minimum absolute atomic E-state index is 0.116. The molecule has 0 aliphatic heterocycles. The molecule has 35 heavy (non-hydrogen) atoms. The molecule has 0 unspecified atom stereocenters. The van der Waals surface area contributed by atoms with Gasteiger partial charge in [0.1, 0.15) is 12.6 Å². The number of ketones is 1. The molecule has 0 heterocycles. The van der Waals surface area contributed by atoms with Crippen LogP contribution in [0.3, 0.4) is 0 Å². The van der Waals surface area contributed by atoms with Crippen LogP contribution in [0.5, 0.6) is 0 Å². The van der Waals surface area contributed by atoms with Crippen molar-refractivity contribution in [3.63, 3.8) is 0 Å². The van der Waals surface area contributed by atoms with Gasteiger partial charge >= 0.3 is 0 Å². The number of nitrogens with zero attached hydrogens (tertiary/aromatic N) is 2. The first kappa shape index (κ1) is 28.0. The Labute approximate surface area is 208 Å². The molecule has 2 aromatic carbocycles. The lowest BCUT2D eigenvalue weighted by molar-refractivity contribution is -0.140. The number of carbonyl (C=O) groups excluding carboxylic acids is 3. The second-order valence-corrected chi connectivity index (χ2v) is 10.9. The molecule has 2 rings (SSSR count). The second kappa shape index (κ2) is 12.0. The quantitative estimate of drug-likeness (QED) is 0.476. The van der Waals surface area contributed by atoms with Gasteiger partial charge in [-0.2, -0.15) is 0 Å². The Hall–Kier alpha value is -3.20. The average molecular weight is 502 g/mol. The van der Waals surface area contributed by atoms with E-state index < -0.39 is 28.5 Å².